The van der Waals surface area contributed by atoms with Crippen LogP contribution >= 0.6 is 11.6 Å². The number of rotatable bonds is 4. The highest BCUT2D eigenvalue weighted by molar-refractivity contribution is 6.31. The predicted molar refractivity (Wildman–Crippen MR) is 155 cm³/mol. The Kier molecular flexibility index (Phi) is 8.14. The number of benzene rings is 1. The quantitative estimate of drug-likeness (QED) is 0.229. The second-order valence-electron chi connectivity index (χ2n) is 10.7. The first-order valence-electron chi connectivity index (χ1n) is 13.9. The minimum atomic E-state index is -4.71. The van der Waals surface area contributed by atoms with E-state index in [0.29, 0.717) is 41.4 Å². The Morgan fingerprint density at radius 2 is 1.85 bits per heavy atom. The predicted octanol–water partition coefficient (Wildman–Crippen LogP) is 6.16. The van der Waals surface area contributed by atoms with Crippen molar-refractivity contribution in [1.82, 2.24) is 39.3 Å². The lowest BCUT2D eigenvalue weighted by Gasteiger charge is -2.22. The molecule has 6 rings (SSSR count). The van der Waals surface area contributed by atoms with Gasteiger partial charge in [-0.15, -0.1) is 5.10 Å². The Morgan fingerprint density at radius 3 is 2.57 bits per heavy atom. The molecule has 0 fully saturated rings. The SMILES string of the molecule is CC1CCCC(n2cnc(-c3cc(Cl)ccc3-n3cc(C(F)(F)F)nn3)cc2=O)c2cc(ccn2)-c2nn(C(F)F)cc2NC1=O. The van der Waals surface area contributed by atoms with Crippen LogP contribution in [0.15, 0.2) is 66.1 Å². The van der Waals surface area contributed by atoms with E-state index in [1.165, 1.54) is 41.4 Å². The van der Waals surface area contributed by atoms with Crippen molar-refractivity contribution in [1.29, 1.82) is 0 Å². The van der Waals surface area contributed by atoms with Crippen molar-refractivity contribution in [3.05, 3.63) is 88.1 Å². The average Bonchev–Trinajstić information content (AvgIpc) is 3.68. The van der Waals surface area contributed by atoms with Crippen molar-refractivity contribution >= 4 is 23.2 Å². The van der Waals surface area contributed by atoms with E-state index in [1.54, 1.807) is 19.1 Å². The molecule has 0 saturated heterocycles. The summed E-state index contributed by atoms with van der Waals surface area (Å²) in [6, 6.07) is 8.05. The molecule has 1 N–H and O–H groups in total. The zero-order chi connectivity index (χ0) is 32.7. The maximum atomic E-state index is 13.7. The molecule has 1 amide bonds. The minimum Gasteiger partial charge on any atom is -0.323 e. The number of fused-ring (bicyclic) bond motifs is 4. The van der Waals surface area contributed by atoms with Gasteiger partial charge in [-0.05, 0) is 43.2 Å². The van der Waals surface area contributed by atoms with Gasteiger partial charge in [0.1, 0.15) is 5.69 Å². The van der Waals surface area contributed by atoms with Crippen LogP contribution in [0, 0.1) is 5.92 Å². The Morgan fingerprint density at radius 1 is 1.04 bits per heavy atom. The Hall–Kier alpha value is -4.99. The summed E-state index contributed by atoms with van der Waals surface area (Å²) in [4.78, 5) is 35.5. The number of carbonyl (C=O) groups excluding carboxylic acids is 1. The summed E-state index contributed by atoms with van der Waals surface area (Å²) in [6.07, 6.45) is 1.10. The summed E-state index contributed by atoms with van der Waals surface area (Å²) in [6.45, 7) is -1.23. The van der Waals surface area contributed by atoms with Crippen LogP contribution in [0.5, 0.6) is 0 Å². The second kappa shape index (κ2) is 12.1. The molecule has 1 aromatic carbocycles. The highest BCUT2D eigenvalue weighted by atomic mass is 35.5. The number of hydrogen-bond acceptors (Lipinski definition) is 7. The van der Waals surface area contributed by atoms with Crippen LogP contribution in [0.4, 0.5) is 27.6 Å². The fraction of sp³-hybridized carbons (Fsp3) is 0.276. The summed E-state index contributed by atoms with van der Waals surface area (Å²) in [5.41, 5.74) is -0.161. The van der Waals surface area contributed by atoms with Crippen LogP contribution in [0.25, 0.3) is 28.2 Å². The first kappa shape index (κ1) is 31.0. The molecule has 0 spiro atoms. The van der Waals surface area contributed by atoms with E-state index < -0.39 is 35.9 Å². The third-order valence-electron chi connectivity index (χ3n) is 7.58. The molecule has 2 atom stereocenters. The molecule has 238 valence electrons. The van der Waals surface area contributed by atoms with Crippen LogP contribution in [0.3, 0.4) is 0 Å². The smallest absolute Gasteiger partial charge is 0.323 e. The fourth-order valence-corrected chi connectivity index (χ4v) is 5.40. The number of nitrogens with zero attached hydrogens (tertiary/aromatic N) is 8. The van der Waals surface area contributed by atoms with Gasteiger partial charge in [0.05, 0.1) is 47.5 Å². The number of carbonyl (C=O) groups is 1. The lowest BCUT2D eigenvalue weighted by molar-refractivity contribution is -0.141. The van der Waals surface area contributed by atoms with E-state index in [9.17, 15) is 31.5 Å². The van der Waals surface area contributed by atoms with Gasteiger partial charge in [-0.1, -0.05) is 30.2 Å². The molecule has 0 saturated carbocycles. The van der Waals surface area contributed by atoms with Gasteiger partial charge in [0.2, 0.25) is 5.91 Å². The Bertz CT molecular complexity index is 1990. The molecular formula is C29H23ClF5N9O2. The molecular weight excluding hydrogens is 637 g/mol. The number of alkyl halides is 5. The highest BCUT2D eigenvalue weighted by Gasteiger charge is 2.35. The molecule has 0 radical (unpaired) electrons. The summed E-state index contributed by atoms with van der Waals surface area (Å²) in [5, 5.41) is 13.7. The van der Waals surface area contributed by atoms with E-state index >= 15 is 0 Å². The van der Waals surface area contributed by atoms with Gasteiger partial charge in [0.15, 0.2) is 5.69 Å². The van der Waals surface area contributed by atoms with E-state index in [-0.39, 0.29) is 39.3 Å². The summed E-state index contributed by atoms with van der Waals surface area (Å²) in [7, 11) is 0. The van der Waals surface area contributed by atoms with Crippen molar-refractivity contribution in [3.63, 3.8) is 0 Å². The third kappa shape index (κ3) is 6.11. The topological polar surface area (TPSA) is 125 Å². The van der Waals surface area contributed by atoms with Crippen molar-refractivity contribution in [2.75, 3.05) is 5.32 Å². The summed E-state index contributed by atoms with van der Waals surface area (Å²) >= 11 is 6.21. The van der Waals surface area contributed by atoms with Crippen molar-refractivity contribution in [2.24, 2.45) is 5.92 Å². The first-order chi connectivity index (χ1) is 21.9. The zero-order valence-electron chi connectivity index (χ0n) is 23.8. The normalized spacial score (nSPS) is 17.3. The number of hydrogen-bond donors (Lipinski definition) is 1. The molecule has 2 bridgehead atoms. The van der Waals surface area contributed by atoms with Crippen LogP contribution in [0.1, 0.15) is 50.2 Å². The molecule has 46 heavy (non-hydrogen) atoms. The lowest BCUT2D eigenvalue weighted by atomic mass is 9.97. The molecule has 17 heteroatoms. The van der Waals surface area contributed by atoms with Gasteiger partial charge < -0.3 is 5.32 Å². The van der Waals surface area contributed by atoms with Gasteiger partial charge in [0, 0.05) is 34.3 Å². The van der Waals surface area contributed by atoms with E-state index in [0.717, 1.165) is 10.9 Å². The summed E-state index contributed by atoms with van der Waals surface area (Å²) in [5.74, 6) is -0.848. The van der Waals surface area contributed by atoms with Crippen LogP contribution in [-0.4, -0.2) is 45.2 Å². The second-order valence-corrected chi connectivity index (χ2v) is 11.1. The van der Waals surface area contributed by atoms with Crippen molar-refractivity contribution < 1.29 is 26.7 Å². The van der Waals surface area contributed by atoms with Crippen LogP contribution in [-0.2, 0) is 11.0 Å². The average molecular weight is 660 g/mol. The lowest BCUT2D eigenvalue weighted by Crippen LogP contribution is -2.27. The molecule has 5 aromatic rings. The molecule has 4 aromatic heterocycles. The molecule has 5 heterocycles. The molecule has 2 unspecified atom stereocenters. The number of pyridine rings is 1. The van der Waals surface area contributed by atoms with E-state index in [1.807, 2.05) is 0 Å². The summed E-state index contributed by atoms with van der Waals surface area (Å²) < 4.78 is 69.4. The number of halogens is 6. The minimum absolute atomic E-state index is 0.111. The molecule has 1 aliphatic heterocycles. The van der Waals surface area contributed by atoms with Gasteiger partial charge in [-0.2, -0.15) is 27.1 Å². The number of amides is 1. The third-order valence-corrected chi connectivity index (χ3v) is 7.82. The maximum Gasteiger partial charge on any atom is 0.436 e. The van der Waals surface area contributed by atoms with Gasteiger partial charge in [0.25, 0.3) is 5.56 Å². The zero-order valence-corrected chi connectivity index (χ0v) is 24.5. The van der Waals surface area contributed by atoms with Gasteiger partial charge >= 0.3 is 12.7 Å². The Balaban J connectivity index is 1.42. The molecule has 0 aliphatic carbocycles. The Labute approximate surface area is 261 Å². The fourth-order valence-electron chi connectivity index (χ4n) is 5.22. The number of nitrogens with one attached hydrogen (secondary N) is 1. The van der Waals surface area contributed by atoms with Crippen LogP contribution < -0.4 is 10.9 Å². The number of aromatic nitrogens is 8. The largest absolute Gasteiger partial charge is 0.436 e. The number of anilines is 1. The maximum absolute atomic E-state index is 13.7. The standard InChI is InChI=1S/C29H23ClF5N9O2/c1-15-3-2-4-23(20-9-16(7-8-36-20)26-21(38-27(15)46)12-44(40-26)28(31)32)42-14-37-19(11-25(42)45)18-10-17(30)5-6-22(18)43-13-24(39-41-43)29(33,34)35/h5-15,23,28H,2-4H2,1H3,(H,38,46). The van der Waals surface area contributed by atoms with Gasteiger partial charge in [-0.3, -0.25) is 19.1 Å². The highest BCUT2D eigenvalue weighted by Crippen LogP contribution is 2.34. The monoisotopic (exact) mass is 659 g/mol. The molecule has 11 nitrogen and oxygen atoms in total. The van der Waals surface area contributed by atoms with E-state index in [4.69, 9.17) is 11.6 Å². The van der Waals surface area contributed by atoms with Crippen LogP contribution in [0.2, 0.25) is 5.02 Å². The first-order valence-corrected chi connectivity index (χ1v) is 14.3. The van der Waals surface area contributed by atoms with Gasteiger partial charge in [-0.25, -0.2) is 14.3 Å². The van der Waals surface area contributed by atoms with Crippen molar-refractivity contribution in [3.8, 4) is 28.2 Å². The van der Waals surface area contributed by atoms with Crippen molar-refractivity contribution in [2.45, 2.75) is 45.0 Å². The molecule has 1 aliphatic rings. The van der Waals surface area contributed by atoms with E-state index in [2.05, 4.69) is 30.7 Å².